The Kier molecular flexibility index (Phi) is 4.91. The van der Waals surface area contributed by atoms with E-state index >= 15 is 0 Å². The van der Waals surface area contributed by atoms with Gasteiger partial charge in [-0.2, -0.15) is 0 Å². The summed E-state index contributed by atoms with van der Waals surface area (Å²) in [5, 5.41) is 6.85. The molecule has 1 heterocycles. The van der Waals surface area contributed by atoms with E-state index in [-0.39, 0.29) is 0 Å². The molecule has 1 fully saturated rings. The summed E-state index contributed by atoms with van der Waals surface area (Å²) in [6.07, 6.45) is 4.25. The zero-order valence-electron chi connectivity index (χ0n) is 8.51. The molecule has 0 radical (unpaired) electrons. The highest BCUT2D eigenvalue weighted by molar-refractivity contribution is 7.84. The summed E-state index contributed by atoms with van der Waals surface area (Å²) in [5.74, 6) is 0.760. The molecule has 1 aliphatic rings. The van der Waals surface area contributed by atoms with Crippen LogP contribution in [0.1, 0.15) is 19.8 Å². The third-order valence-corrected chi connectivity index (χ3v) is 3.27. The summed E-state index contributed by atoms with van der Waals surface area (Å²) in [7, 11) is -0.683. The van der Waals surface area contributed by atoms with Crippen molar-refractivity contribution in [3.05, 3.63) is 0 Å². The third kappa shape index (κ3) is 4.74. The molecule has 0 amide bonds. The van der Waals surface area contributed by atoms with Crippen molar-refractivity contribution in [2.45, 2.75) is 31.8 Å². The predicted molar refractivity (Wildman–Crippen MR) is 57.4 cm³/mol. The lowest BCUT2D eigenvalue weighted by Gasteiger charge is -2.26. The van der Waals surface area contributed by atoms with E-state index in [9.17, 15) is 4.21 Å². The van der Waals surface area contributed by atoms with Crippen LogP contribution in [0.5, 0.6) is 0 Å². The lowest BCUT2D eigenvalue weighted by Crippen LogP contribution is -2.47. The zero-order valence-corrected chi connectivity index (χ0v) is 9.32. The van der Waals surface area contributed by atoms with Crippen molar-refractivity contribution in [2.75, 3.05) is 25.1 Å². The van der Waals surface area contributed by atoms with Crippen LogP contribution in [0.15, 0.2) is 0 Å². The van der Waals surface area contributed by atoms with Crippen molar-refractivity contribution in [3.8, 4) is 0 Å². The molecule has 2 N–H and O–H groups in total. The molecular weight excluding hydrogens is 184 g/mol. The van der Waals surface area contributed by atoms with Gasteiger partial charge in [0.15, 0.2) is 0 Å². The van der Waals surface area contributed by atoms with E-state index in [2.05, 4.69) is 17.6 Å². The Bertz CT molecular complexity index is 169. The fourth-order valence-corrected chi connectivity index (χ4v) is 2.60. The lowest BCUT2D eigenvalue weighted by molar-refractivity contribution is 0.368. The number of piperidine rings is 1. The van der Waals surface area contributed by atoms with Crippen LogP contribution >= 0.6 is 0 Å². The van der Waals surface area contributed by atoms with Crippen molar-refractivity contribution >= 4 is 10.8 Å². The van der Waals surface area contributed by atoms with Gasteiger partial charge in [-0.05, 0) is 26.3 Å². The first-order valence-corrected chi connectivity index (χ1v) is 6.68. The monoisotopic (exact) mass is 204 g/mol. The maximum Gasteiger partial charge on any atom is 0.0383 e. The van der Waals surface area contributed by atoms with Gasteiger partial charge in [-0.25, -0.2) is 0 Å². The van der Waals surface area contributed by atoms with Gasteiger partial charge in [0.2, 0.25) is 0 Å². The summed E-state index contributed by atoms with van der Waals surface area (Å²) in [5.41, 5.74) is 0. The van der Waals surface area contributed by atoms with Crippen LogP contribution in [0.4, 0.5) is 0 Å². The van der Waals surface area contributed by atoms with Crippen LogP contribution in [-0.4, -0.2) is 41.4 Å². The maximum absolute atomic E-state index is 11.0. The van der Waals surface area contributed by atoms with Crippen LogP contribution in [0.2, 0.25) is 0 Å². The summed E-state index contributed by atoms with van der Waals surface area (Å²) < 4.78 is 11.0. The second-order valence-electron chi connectivity index (χ2n) is 3.85. The maximum atomic E-state index is 11.0. The first-order valence-electron chi connectivity index (χ1n) is 4.95. The van der Waals surface area contributed by atoms with Gasteiger partial charge >= 0.3 is 0 Å². The molecule has 0 aromatic heterocycles. The second-order valence-corrected chi connectivity index (χ2v) is 5.33. The molecular formula is C9H20N2OS. The fraction of sp³-hybridized carbons (Fsp3) is 1.00. The van der Waals surface area contributed by atoms with Crippen molar-refractivity contribution < 1.29 is 4.21 Å². The summed E-state index contributed by atoms with van der Waals surface area (Å²) in [6, 6.07) is 0.947. The van der Waals surface area contributed by atoms with Crippen LogP contribution in [0.3, 0.4) is 0 Å². The van der Waals surface area contributed by atoms with E-state index < -0.39 is 10.8 Å². The Labute approximate surface area is 83.1 Å². The molecule has 1 rings (SSSR count). The molecule has 13 heavy (non-hydrogen) atoms. The molecule has 1 saturated heterocycles. The summed E-state index contributed by atoms with van der Waals surface area (Å²) in [6.45, 7) is 4.31. The Hall–Kier alpha value is 0.0700. The first kappa shape index (κ1) is 11.1. The highest BCUT2D eigenvalue weighted by atomic mass is 32.2. The fourth-order valence-electron chi connectivity index (χ4n) is 1.80. The minimum Gasteiger partial charge on any atom is -0.315 e. The summed E-state index contributed by atoms with van der Waals surface area (Å²) in [4.78, 5) is 0. The Morgan fingerprint density at radius 3 is 3.00 bits per heavy atom. The molecule has 0 bridgehead atoms. The van der Waals surface area contributed by atoms with E-state index in [1.807, 2.05) is 0 Å². The third-order valence-electron chi connectivity index (χ3n) is 2.30. The average Bonchev–Trinajstić information content (AvgIpc) is 2.04. The molecule has 0 aliphatic carbocycles. The second kappa shape index (κ2) is 5.73. The molecule has 0 aromatic rings. The van der Waals surface area contributed by atoms with Gasteiger partial charge in [-0.3, -0.25) is 4.21 Å². The van der Waals surface area contributed by atoms with Gasteiger partial charge in [-0.1, -0.05) is 0 Å². The van der Waals surface area contributed by atoms with Gasteiger partial charge in [0, 0.05) is 41.4 Å². The molecule has 3 unspecified atom stereocenters. The zero-order chi connectivity index (χ0) is 9.68. The van der Waals surface area contributed by atoms with Crippen molar-refractivity contribution in [3.63, 3.8) is 0 Å². The minimum absolute atomic E-state index is 0.371. The van der Waals surface area contributed by atoms with Crippen molar-refractivity contribution in [2.24, 2.45) is 0 Å². The van der Waals surface area contributed by atoms with Gasteiger partial charge in [0.1, 0.15) is 0 Å². The van der Waals surface area contributed by atoms with Crippen LogP contribution in [0, 0.1) is 0 Å². The van der Waals surface area contributed by atoms with Gasteiger partial charge < -0.3 is 10.6 Å². The highest BCUT2D eigenvalue weighted by Crippen LogP contribution is 2.02. The standard InChI is InChI=1S/C9H20N2OS/c1-8(7-13(2)12)11-9-4-3-5-10-6-9/h8-11H,3-7H2,1-2H3. The number of rotatable bonds is 4. The Balaban J connectivity index is 2.18. The van der Waals surface area contributed by atoms with Crippen molar-refractivity contribution in [1.82, 2.24) is 10.6 Å². The molecule has 0 saturated carbocycles. The van der Waals surface area contributed by atoms with E-state index in [0.29, 0.717) is 12.1 Å². The van der Waals surface area contributed by atoms with Gasteiger partial charge in [-0.15, -0.1) is 0 Å². The average molecular weight is 204 g/mol. The molecule has 0 aromatic carbocycles. The summed E-state index contributed by atoms with van der Waals surface area (Å²) >= 11 is 0. The van der Waals surface area contributed by atoms with Gasteiger partial charge in [0.25, 0.3) is 0 Å². The molecule has 3 nitrogen and oxygen atoms in total. The topological polar surface area (TPSA) is 41.1 Å². The van der Waals surface area contributed by atoms with Crippen molar-refractivity contribution in [1.29, 1.82) is 0 Å². The number of hydrogen-bond acceptors (Lipinski definition) is 3. The van der Waals surface area contributed by atoms with Crippen LogP contribution < -0.4 is 10.6 Å². The van der Waals surface area contributed by atoms with E-state index in [0.717, 1.165) is 18.8 Å². The normalized spacial score (nSPS) is 28.3. The van der Waals surface area contributed by atoms with E-state index in [4.69, 9.17) is 0 Å². The number of nitrogens with one attached hydrogen (secondary N) is 2. The van der Waals surface area contributed by atoms with E-state index in [1.165, 1.54) is 12.8 Å². The largest absolute Gasteiger partial charge is 0.315 e. The highest BCUT2D eigenvalue weighted by Gasteiger charge is 2.15. The Morgan fingerprint density at radius 2 is 2.46 bits per heavy atom. The smallest absolute Gasteiger partial charge is 0.0383 e. The SMILES string of the molecule is CC(CS(C)=O)NC1CCCNC1. The minimum atomic E-state index is -0.683. The lowest BCUT2D eigenvalue weighted by atomic mass is 10.1. The molecule has 78 valence electrons. The van der Waals surface area contributed by atoms with Crippen LogP contribution in [-0.2, 0) is 10.8 Å². The predicted octanol–water partition coefficient (Wildman–Crippen LogP) is 0.0950. The van der Waals surface area contributed by atoms with E-state index in [1.54, 1.807) is 6.26 Å². The quantitative estimate of drug-likeness (QED) is 0.682. The molecule has 0 spiro atoms. The molecule has 1 aliphatic heterocycles. The Morgan fingerprint density at radius 1 is 1.69 bits per heavy atom. The molecule has 4 heteroatoms. The number of hydrogen-bond donors (Lipinski definition) is 2. The molecule has 3 atom stereocenters. The van der Waals surface area contributed by atoms with Gasteiger partial charge in [0.05, 0.1) is 0 Å². The van der Waals surface area contributed by atoms with Crippen LogP contribution in [0.25, 0.3) is 0 Å². The first-order chi connectivity index (χ1) is 6.18.